The van der Waals surface area contributed by atoms with Gasteiger partial charge in [0.15, 0.2) is 0 Å². The zero-order chi connectivity index (χ0) is 16.7. The van der Waals surface area contributed by atoms with Crippen molar-refractivity contribution in [2.75, 3.05) is 26.7 Å². The second kappa shape index (κ2) is 8.67. The number of piperidine rings is 1. The highest BCUT2D eigenvalue weighted by molar-refractivity contribution is 5.96. The van der Waals surface area contributed by atoms with Gasteiger partial charge in [0.1, 0.15) is 0 Å². The number of quaternary nitrogens is 1. The van der Waals surface area contributed by atoms with E-state index < -0.39 is 5.97 Å². The van der Waals surface area contributed by atoms with Gasteiger partial charge in [-0.05, 0) is 50.5 Å². The average Bonchev–Trinajstić information content (AvgIpc) is 2.59. The minimum Gasteiger partial charge on any atom is -0.465 e. The van der Waals surface area contributed by atoms with Crippen LogP contribution in [0.25, 0.3) is 0 Å². The Kier molecular flexibility index (Phi) is 6.59. The van der Waals surface area contributed by atoms with Gasteiger partial charge in [0, 0.05) is 18.5 Å². The predicted octanol–water partition coefficient (Wildman–Crippen LogP) is 1.05. The maximum Gasteiger partial charge on any atom is 0.337 e. The van der Waals surface area contributed by atoms with Crippen LogP contribution in [-0.4, -0.2) is 44.7 Å². The molecule has 1 aromatic rings. The number of rotatable bonds is 6. The van der Waals surface area contributed by atoms with Crippen molar-refractivity contribution < 1.29 is 19.2 Å². The molecular weight excluding hydrogens is 292 g/mol. The van der Waals surface area contributed by atoms with Crippen LogP contribution < -0.4 is 10.2 Å². The van der Waals surface area contributed by atoms with Crippen molar-refractivity contribution in [2.24, 2.45) is 0 Å². The Morgan fingerprint density at radius 3 is 2.57 bits per heavy atom. The number of hydrogen-bond acceptors (Lipinski definition) is 3. The second-order valence-electron chi connectivity index (χ2n) is 6.23. The summed E-state index contributed by atoms with van der Waals surface area (Å²) in [5.74, 6) is -0.487. The first-order valence-electron chi connectivity index (χ1n) is 8.43. The van der Waals surface area contributed by atoms with Crippen molar-refractivity contribution in [1.82, 2.24) is 5.32 Å². The molecule has 0 aromatic heterocycles. The highest BCUT2D eigenvalue weighted by atomic mass is 16.5. The van der Waals surface area contributed by atoms with Crippen LogP contribution in [0, 0.1) is 0 Å². The molecule has 0 saturated carbocycles. The van der Waals surface area contributed by atoms with E-state index in [9.17, 15) is 9.59 Å². The number of carbonyl (C=O) groups excluding carboxylic acids is 2. The molecule has 1 aliphatic heterocycles. The summed E-state index contributed by atoms with van der Waals surface area (Å²) in [5, 5.41) is 2.95. The smallest absolute Gasteiger partial charge is 0.337 e. The zero-order valence-electron chi connectivity index (χ0n) is 14.1. The number of esters is 1. The van der Waals surface area contributed by atoms with E-state index in [1.807, 2.05) is 0 Å². The summed E-state index contributed by atoms with van der Waals surface area (Å²) in [7, 11) is 1.34. The normalized spacial score (nSPS) is 20.8. The van der Waals surface area contributed by atoms with Gasteiger partial charge in [0.25, 0.3) is 5.91 Å². The Bertz CT molecular complexity index is 528. The molecule has 1 aromatic carbocycles. The van der Waals surface area contributed by atoms with E-state index in [1.54, 1.807) is 29.2 Å². The zero-order valence-corrected chi connectivity index (χ0v) is 14.1. The third-order valence-corrected chi connectivity index (χ3v) is 4.61. The van der Waals surface area contributed by atoms with E-state index in [1.165, 1.54) is 32.9 Å². The number of likely N-dealkylation sites (tertiary alicyclic amines) is 1. The lowest BCUT2D eigenvalue weighted by atomic mass is 10.0. The first-order chi connectivity index (χ1) is 11.1. The van der Waals surface area contributed by atoms with Gasteiger partial charge in [-0.25, -0.2) is 4.79 Å². The van der Waals surface area contributed by atoms with Gasteiger partial charge in [-0.15, -0.1) is 0 Å². The summed E-state index contributed by atoms with van der Waals surface area (Å²) in [5.41, 5.74) is 1.02. The molecule has 1 heterocycles. The van der Waals surface area contributed by atoms with Gasteiger partial charge >= 0.3 is 5.97 Å². The molecule has 0 spiro atoms. The minimum absolute atomic E-state index is 0.0943. The molecule has 2 rings (SSSR count). The molecule has 1 fully saturated rings. The molecule has 1 amide bonds. The van der Waals surface area contributed by atoms with E-state index in [-0.39, 0.29) is 5.91 Å². The summed E-state index contributed by atoms with van der Waals surface area (Å²) in [6.45, 7) is 5.37. The largest absolute Gasteiger partial charge is 0.465 e. The molecule has 23 heavy (non-hydrogen) atoms. The molecule has 5 heteroatoms. The molecule has 0 bridgehead atoms. The number of nitrogens with one attached hydrogen (secondary N) is 2. The average molecular weight is 319 g/mol. The van der Waals surface area contributed by atoms with Crippen LogP contribution >= 0.6 is 0 Å². The summed E-state index contributed by atoms with van der Waals surface area (Å²) in [6, 6.07) is 7.27. The van der Waals surface area contributed by atoms with Gasteiger partial charge in [-0.3, -0.25) is 4.79 Å². The van der Waals surface area contributed by atoms with Crippen LogP contribution in [0.15, 0.2) is 24.3 Å². The third kappa shape index (κ3) is 5.06. The lowest BCUT2D eigenvalue weighted by molar-refractivity contribution is -0.928. The fourth-order valence-corrected chi connectivity index (χ4v) is 3.12. The van der Waals surface area contributed by atoms with Crippen molar-refractivity contribution in [3.8, 4) is 0 Å². The van der Waals surface area contributed by atoms with Crippen LogP contribution in [0.1, 0.15) is 53.3 Å². The van der Waals surface area contributed by atoms with Gasteiger partial charge < -0.3 is 15.0 Å². The molecule has 1 saturated heterocycles. The molecular formula is C18H27N2O3+. The molecule has 2 atom stereocenters. The van der Waals surface area contributed by atoms with Crippen LogP contribution in [0.3, 0.4) is 0 Å². The molecule has 0 aliphatic carbocycles. The summed E-state index contributed by atoms with van der Waals surface area (Å²) < 4.78 is 4.64. The summed E-state index contributed by atoms with van der Waals surface area (Å²) in [4.78, 5) is 25.1. The second-order valence-corrected chi connectivity index (χ2v) is 6.23. The van der Waals surface area contributed by atoms with E-state index >= 15 is 0 Å². The Hall–Kier alpha value is -1.88. The van der Waals surface area contributed by atoms with E-state index in [0.717, 1.165) is 19.0 Å². The number of hydrogen-bond donors (Lipinski definition) is 2. The number of benzene rings is 1. The van der Waals surface area contributed by atoms with Crippen LogP contribution in [0.4, 0.5) is 0 Å². The maximum atomic E-state index is 12.1. The number of carbonyl (C=O) groups is 2. The molecule has 126 valence electrons. The lowest BCUT2D eigenvalue weighted by Gasteiger charge is -2.30. The predicted molar refractivity (Wildman–Crippen MR) is 88.7 cm³/mol. The first-order valence-corrected chi connectivity index (χ1v) is 8.43. The Labute approximate surface area is 138 Å². The lowest BCUT2D eigenvalue weighted by Crippen LogP contribution is -3.16. The van der Waals surface area contributed by atoms with Gasteiger partial charge in [0.2, 0.25) is 0 Å². The van der Waals surface area contributed by atoms with Crippen molar-refractivity contribution >= 4 is 11.9 Å². The molecule has 1 aliphatic rings. The van der Waals surface area contributed by atoms with E-state index in [2.05, 4.69) is 17.0 Å². The number of ether oxygens (including phenoxy) is 1. The molecule has 2 N–H and O–H groups in total. The highest BCUT2D eigenvalue weighted by Gasteiger charge is 2.20. The van der Waals surface area contributed by atoms with Crippen molar-refractivity contribution in [2.45, 2.75) is 38.6 Å². The summed E-state index contributed by atoms with van der Waals surface area (Å²) in [6.07, 6.45) is 4.97. The first kappa shape index (κ1) is 17.5. The van der Waals surface area contributed by atoms with Gasteiger partial charge in [0.05, 0.1) is 31.8 Å². The number of methoxy groups -OCH3 is 1. The Morgan fingerprint density at radius 1 is 1.22 bits per heavy atom. The quantitative estimate of drug-likeness (QED) is 0.609. The van der Waals surface area contributed by atoms with Crippen molar-refractivity contribution in [3.63, 3.8) is 0 Å². The Balaban J connectivity index is 1.73. The van der Waals surface area contributed by atoms with Crippen LogP contribution in [0.5, 0.6) is 0 Å². The van der Waals surface area contributed by atoms with Crippen molar-refractivity contribution in [1.29, 1.82) is 0 Å². The van der Waals surface area contributed by atoms with Gasteiger partial charge in [-0.2, -0.15) is 0 Å². The fraction of sp³-hybridized carbons (Fsp3) is 0.556. The maximum absolute atomic E-state index is 12.1. The molecule has 5 nitrogen and oxygen atoms in total. The monoisotopic (exact) mass is 319 g/mol. The SMILES string of the molecule is COC(=O)c1ccc(C(=O)NCCC[NH+]2CCCC[C@H]2C)cc1. The molecule has 1 unspecified atom stereocenters. The fourth-order valence-electron chi connectivity index (χ4n) is 3.12. The Morgan fingerprint density at radius 2 is 1.91 bits per heavy atom. The third-order valence-electron chi connectivity index (χ3n) is 4.61. The standard InChI is InChI=1S/C18H26N2O3/c1-14-6-3-4-12-20(14)13-5-11-19-17(21)15-7-9-16(10-8-15)18(22)23-2/h7-10,14H,3-6,11-13H2,1-2H3,(H,19,21)/p+1/t14-/m1/s1. The van der Waals surface area contributed by atoms with Gasteiger partial charge in [-0.1, -0.05) is 0 Å². The van der Waals surface area contributed by atoms with Crippen LogP contribution in [-0.2, 0) is 4.74 Å². The van der Waals surface area contributed by atoms with E-state index in [0.29, 0.717) is 17.7 Å². The summed E-state index contributed by atoms with van der Waals surface area (Å²) >= 11 is 0. The van der Waals surface area contributed by atoms with E-state index in [4.69, 9.17) is 0 Å². The van der Waals surface area contributed by atoms with Crippen molar-refractivity contribution in [3.05, 3.63) is 35.4 Å². The highest BCUT2D eigenvalue weighted by Crippen LogP contribution is 2.06. The number of amides is 1. The van der Waals surface area contributed by atoms with Crippen LogP contribution in [0.2, 0.25) is 0 Å². The molecule has 0 radical (unpaired) electrons. The topological polar surface area (TPSA) is 59.8 Å². The minimum atomic E-state index is -0.393.